The Morgan fingerprint density at radius 3 is 2.33 bits per heavy atom. The second-order valence-corrected chi connectivity index (χ2v) is 2.98. The molecule has 1 aliphatic rings. The van der Waals surface area contributed by atoms with Gasteiger partial charge in [-0.2, -0.15) is 0 Å². The van der Waals surface area contributed by atoms with E-state index in [9.17, 15) is 5.11 Å². The highest BCUT2D eigenvalue weighted by atomic mass is 16.3. The SMILES string of the molecule is C=C(C)C1(O)CC(N)C1. The quantitative estimate of drug-likeness (QED) is 0.501. The van der Waals surface area contributed by atoms with E-state index in [1.54, 1.807) is 0 Å². The average Bonchev–Trinajstić information content (AvgIpc) is 1.62. The van der Waals surface area contributed by atoms with Gasteiger partial charge in [0, 0.05) is 6.04 Å². The third-order valence-corrected chi connectivity index (χ3v) is 1.99. The molecule has 0 aromatic heterocycles. The minimum absolute atomic E-state index is 0.187. The van der Waals surface area contributed by atoms with Gasteiger partial charge in [0.05, 0.1) is 5.60 Å². The van der Waals surface area contributed by atoms with Crippen LogP contribution >= 0.6 is 0 Å². The number of nitrogens with two attached hydrogens (primary N) is 1. The molecule has 1 fully saturated rings. The molecule has 0 aromatic carbocycles. The van der Waals surface area contributed by atoms with E-state index < -0.39 is 5.60 Å². The molecule has 1 saturated carbocycles. The largest absolute Gasteiger partial charge is 0.385 e. The van der Waals surface area contributed by atoms with E-state index in [1.807, 2.05) is 6.92 Å². The van der Waals surface area contributed by atoms with Gasteiger partial charge in [-0.1, -0.05) is 6.58 Å². The molecule has 52 valence electrons. The molecule has 3 N–H and O–H groups in total. The molecule has 1 aliphatic carbocycles. The molecule has 0 spiro atoms. The van der Waals surface area contributed by atoms with Crippen molar-refractivity contribution >= 4 is 0 Å². The van der Waals surface area contributed by atoms with Gasteiger partial charge >= 0.3 is 0 Å². The fourth-order valence-corrected chi connectivity index (χ4v) is 1.16. The number of aliphatic hydroxyl groups is 1. The van der Waals surface area contributed by atoms with Crippen molar-refractivity contribution in [2.75, 3.05) is 0 Å². The van der Waals surface area contributed by atoms with Gasteiger partial charge in [0.2, 0.25) is 0 Å². The van der Waals surface area contributed by atoms with E-state index in [-0.39, 0.29) is 6.04 Å². The normalized spacial score (nSPS) is 41.9. The summed E-state index contributed by atoms with van der Waals surface area (Å²) in [6, 6.07) is 0.187. The van der Waals surface area contributed by atoms with Crippen molar-refractivity contribution < 1.29 is 5.11 Å². The van der Waals surface area contributed by atoms with Crippen LogP contribution in [0.5, 0.6) is 0 Å². The van der Waals surface area contributed by atoms with Gasteiger partial charge in [0.25, 0.3) is 0 Å². The molecular weight excluding hydrogens is 114 g/mol. The maximum absolute atomic E-state index is 9.48. The van der Waals surface area contributed by atoms with E-state index >= 15 is 0 Å². The van der Waals surface area contributed by atoms with E-state index in [2.05, 4.69) is 6.58 Å². The van der Waals surface area contributed by atoms with Crippen LogP contribution in [0.2, 0.25) is 0 Å². The Balaban J connectivity index is 2.50. The number of hydrogen-bond acceptors (Lipinski definition) is 2. The molecular formula is C7H13NO. The van der Waals surface area contributed by atoms with Gasteiger partial charge in [-0.25, -0.2) is 0 Å². The van der Waals surface area contributed by atoms with Crippen LogP contribution in [0, 0.1) is 0 Å². The maximum atomic E-state index is 9.48. The molecule has 0 amide bonds. The molecule has 2 nitrogen and oxygen atoms in total. The Bertz CT molecular complexity index is 136. The second-order valence-electron chi connectivity index (χ2n) is 2.98. The zero-order valence-corrected chi connectivity index (χ0v) is 5.72. The summed E-state index contributed by atoms with van der Waals surface area (Å²) in [5, 5.41) is 9.48. The van der Waals surface area contributed by atoms with E-state index in [0.29, 0.717) is 12.8 Å². The van der Waals surface area contributed by atoms with E-state index in [4.69, 9.17) is 5.73 Å². The summed E-state index contributed by atoms with van der Waals surface area (Å²) in [6.45, 7) is 5.52. The van der Waals surface area contributed by atoms with Gasteiger partial charge < -0.3 is 10.8 Å². The van der Waals surface area contributed by atoms with Crippen LogP contribution in [-0.2, 0) is 0 Å². The minimum Gasteiger partial charge on any atom is -0.385 e. The monoisotopic (exact) mass is 127 g/mol. The number of hydrogen-bond donors (Lipinski definition) is 2. The van der Waals surface area contributed by atoms with Gasteiger partial charge in [-0.3, -0.25) is 0 Å². The lowest BCUT2D eigenvalue weighted by atomic mass is 9.72. The molecule has 0 atom stereocenters. The summed E-state index contributed by atoms with van der Waals surface area (Å²) >= 11 is 0. The second kappa shape index (κ2) is 1.82. The summed E-state index contributed by atoms with van der Waals surface area (Å²) in [6.07, 6.45) is 1.37. The van der Waals surface area contributed by atoms with Crippen LogP contribution in [-0.4, -0.2) is 16.7 Å². The van der Waals surface area contributed by atoms with Crippen molar-refractivity contribution in [1.29, 1.82) is 0 Å². The summed E-state index contributed by atoms with van der Waals surface area (Å²) in [5.41, 5.74) is 5.70. The first kappa shape index (κ1) is 6.78. The number of rotatable bonds is 1. The first-order valence-corrected chi connectivity index (χ1v) is 3.18. The standard InChI is InChI=1S/C7H13NO/c1-5(2)7(9)3-6(8)4-7/h6,9H,1,3-4,8H2,2H3. The van der Waals surface area contributed by atoms with Crippen molar-refractivity contribution in [2.24, 2.45) is 5.73 Å². The summed E-state index contributed by atoms with van der Waals surface area (Å²) in [5.74, 6) is 0. The predicted molar refractivity (Wildman–Crippen MR) is 37.0 cm³/mol. The highest BCUT2D eigenvalue weighted by molar-refractivity contribution is 5.17. The van der Waals surface area contributed by atoms with Crippen molar-refractivity contribution in [3.05, 3.63) is 12.2 Å². The molecule has 0 aromatic rings. The molecule has 0 aliphatic heterocycles. The zero-order valence-electron chi connectivity index (χ0n) is 5.72. The Hall–Kier alpha value is -0.340. The Kier molecular flexibility index (Phi) is 1.37. The Morgan fingerprint density at radius 2 is 2.22 bits per heavy atom. The van der Waals surface area contributed by atoms with Crippen LogP contribution in [0.15, 0.2) is 12.2 Å². The predicted octanol–water partition coefficient (Wildman–Crippen LogP) is 0.415. The highest BCUT2D eigenvalue weighted by Gasteiger charge is 2.40. The topological polar surface area (TPSA) is 46.2 Å². The van der Waals surface area contributed by atoms with Crippen molar-refractivity contribution in [3.63, 3.8) is 0 Å². The van der Waals surface area contributed by atoms with Crippen molar-refractivity contribution in [1.82, 2.24) is 0 Å². The smallest absolute Gasteiger partial charge is 0.0881 e. The van der Waals surface area contributed by atoms with Crippen molar-refractivity contribution in [3.8, 4) is 0 Å². The molecule has 2 heteroatoms. The molecule has 1 rings (SSSR count). The molecule has 0 radical (unpaired) electrons. The van der Waals surface area contributed by atoms with E-state index in [1.165, 1.54) is 0 Å². The molecule has 9 heavy (non-hydrogen) atoms. The first-order valence-electron chi connectivity index (χ1n) is 3.18. The van der Waals surface area contributed by atoms with Crippen LogP contribution in [0.3, 0.4) is 0 Å². The van der Waals surface area contributed by atoms with Crippen LogP contribution < -0.4 is 5.73 Å². The molecule has 0 unspecified atom stereocenters. The summed E-state index contributed by atoms with van der Waals surface area (Å²) in [7, 11) is 0. The van der Waals surface area contributed by atoms with Gasteiger partial charge in [0.15, 0.2) is 0 Å². The Labute approximate surface area is 55.4 Å². The van der Waals surface area contributed by atoms with Gasteiger partial charge in [-0.05, 0) is 25.3 Å². The lowest BCUT2D eigenvalue weighted by Crippen LogP contribution is -2.51. The van der Waals surface area contributed by atoms with Crippen LogP contribution in [0.4, 0.5) is 0 Å². The Morgan fingerprint density at radius 1 is 1.78 bits per heavy atom. The van der Waals surface area contributed by atoms with Gasteiger partial charge in [-0.15, -0.1) is 0 Å². The third-order valence-electron chi connectivity index (χ3n) is 1.99. The molecule has 0 heterocycles. The van der Waals surface area contributed by atoms with E-state index in [0.717, 1.165) is 5.57 Å². The first-order chi connectivity index (χ1) is 4.04. The summed E-state index contributed by atoms with van der Waals surface area (Å²) in [4.78, 5) is 0. The average molecular weight is 127 g/mol. The lowest BCUT2D eigenvalue weighted by Gasteiger charge is -2.42. The van der Waals surface area contributed by atoms with Crippen molar-refractivity contribution in [2.45, 2.75) is 31.4 Å². The third kappa shape index (κ3) is 1.00. The minimum atomic E-state index is -0.626. The fourth-order valence-electron chi connectivity index (χ4n) is 1.16. The molecule has 0 bridgehead atoms. The molecule has 0 saturated heterocycles. The lowest BCUT2D eigenvalue weighted by molar-refractivity contribution is -0.0114. The van der Waals surface area contributed by atoms with Crippen LogP contribution in [0.25, 0.3) is 0 Å². The zero-order chi connectivity index (χ0) is 7.07. The van der Waals surface area contributed by atoms with Crippen LogP contribution in [0.1, 0.15) is 19.8 Å². The summed E-state index contributed by atoms with van der Waals surface area (Å²) < 4.78 is 0. The fraction of sp³-hybridized carbons (Fsp3) is 0.714. The van der Waals surface area contributed by atoms with Gasteiger partial charge in [0.1, 0.15) is 0 Å². The maximum Gasteiger partial charge on any atom is 0.0881 e. The highest BCUT2D eigenvalue weighted by Crippen LogP contribution is 2.35.